The van der Waals surface area contributed by atoms with Crippen molar-refractivity contribution in [3.05, 3.63) is 53.3 Å². The number of amides is 1. The lowest BCUT2D eigenvalue weighted by Gasteiger charge is -2.23. The molecule has 0 aliphatic carbocycles. The highest BCUT2D eigenvalue weighted by Crippen LogP contribution is 2.39. The fraction of sp³-hybridized carbons (Fsp3) is 0.286. The van der Waals surface area contributed by atoms with Crippen molar-refractivity contribution < 1.29 is 40.1 Å². The zero-order valence-electron chi connectivity index (χ0n) is 18.4. The number of fused-ring (bicyclic) bond motifs is 1. The molecular formula is C21H23FN2O8S2. The van der Waals surface area contributed by atoms with E-state index >= 15 is 0 Å². The van der Waals surface area contributed by atoms with Crippen LogP contribution in [-0.4, -0.2) is 54.6 Å². The first-order valence-electron chi connectivity index (χ1n) is 9.96. The summed E-state index contributed by atoms with van der Waals surface area (Å²) in [6.07, 6.45) is -0.715. The number of aliphatic hydroxyl groups is 1. The van der Waals surface area contributed by atoms with Crippen LogP contribution in [0.25, 0.3) is 22.3 Å². The topological polar surface area (TPSA) is 146 Å². The van der Waals surface area contributed by atoms with E-state index < -0.39 is 45.8 Å². The second-order valence-corrected chi connectivity index (χ2v) is 9.78. The lowest BCUT2D eigenvalue weighted by atomic mass is 10.00. The molecule has 1 heterocycles. The van der Waals surface area contributed by atoms with Gasteiger partial charge in [-0.1, -0.05) is 0 Å². The Labute approximate surface area is 197 Å². The molecule has 0 aliphatic heterocycles. The minimum Gasteiger partial charge on any atom is -0.455 e. The molecule has 1 aromatic heterocycles. The van der Waals surface area contributed by atoms with E-state index in [1.807, 2.05) is 0 Å². The molecule has 10 nitrogen and oxygen atoms in total. The number of nitrogens with one attached hydrogen (secondary N) is 1. The quantitative estimate of drug-likeness (QED) is 0.292. The summed E-state index contributed by atoms with van der Waals surface area (Å²) >= 11 is -2.49. The van der Waals surface area contributed by atoms with Gasteiger partial charge in [-0.05, 0) is 37.3 Å². The normalized spacial score (nSPS) is 13.6. The molecule has 0 radical (unpaired) electrons. The molecule has 2 atom stereocenters. The SMILES string of the molecule is CCN(c1cc2oc(-c3ccc(F)cc3)c(C(=O)NC)c2cc1C(O)COS(C)(=O)=O)S(=O)O. The third-order valence-corrected chi connectivity index (χ3v) is 6.34. The van der Waals surface area contributed by atoms with E-state index in [0.717, 1.165) is 10.6 Å². The number of carbonyl (C=O) groups is 1. The predicted molar refractivity (Wildman–Crippen MR) is 125 cm³/mol. The van der Waals surface area contributed by atoms with Crippen molar-refractivity contribution in [3.8, 4) is 11.3 Å². The number of nitrogens with zero attached hydrogens (tertiary/aromatic N) is 1. The molecular weight excluding hydrogens is 491 g/mol. The van der Waals surface area contributed by atoms with Crippen molar-refractivity contribution in [2.75, 3.05) is 30.8 Å². The Morgan fingerprint density at radius 1 is 1.29 bits per heavy atom. The zero-order valence-corrected chi connectivity index (χ0v) is 20.1. The van der Waals surface area contributed by atoms with Crippen LogP contribution in [0, 0.1) is 5.82 Å². The van der Waals surface area contributed by atoms with Crippen LogP contribution in [0.1, 0.15) is 28.9 Å². The average Bonchev–Trinajstić information content (AvgIpc) is 3.15. The van der Waals surface area contributed by atoms with E-state index in [9.17, 15) is 31.5 Å². The van der Waals surface area contributed by atoms with Crippen molar-refractivity contribution >= 4 is 43.9 Å². The third kappa shape index (κ3) is 5.45. The smallest absolute Gasteiger partial charge is 0.264 e. The van der Waals surface area contributed by atoms with Crippen molar-refractivity contribution in [2.45, 2.75) is 13.0 Å². The van der Waals surface area contributed by atoms with Crippen LogP contribution in [-0.2, 0) is 25.6 Å². The van der Waals surface area contributed by atoms with Gasteiger partial charge >= 0.3 is 0 Å². The number of furan rings is 1. The van der Waals surface area contributed by atoms with Gasteiger partial charge in [0.1, 0.15) is 23.3 Å². The lowest BCUT2D eigenvalue weighted by molar-refractivity contribution is 0.0964. The second-order valence-electron chi connectivity index (χ2n) is 7.23. The van der Waals surface area contributed by atoms with E-state index in [4.69, 9.17) is 8.60 Å². The summed E-state index contributed by atoms with van der Waals surface area (Å²) in [5.41, 5.74) is 0.747. The zero-order chi connectivity index (χ0) is 25.2. The maximum atomic E-state index is 13.4. The summed E-state index contributed by atoms with van der Waals surface area (Å²) in [7, 11) is -2.47. The number of hydrogen-bond donors (Lipinski definition) is 3. The second kappa shape index (κ2) is 10.2. The van der Waals surface area contributed by atoms with Crippen LogP contribution in [0.5, 0.6) is 0 Å². The fourth-order valence-electron chi connectivity index (χ4n) is 3.43. The Bertz CT molecular complexity index is 1340. The summed E-state index contributed by atoms with van der Waals surface area (Å²) in [5, 5.41) is 13.5. The third-order valence-electron chi connectivity index (χ3n) is 4.94. The highest BCUT2D eigenvalue weighted by molar-refractivity contribution is 7.86. The van der Waals surface area contributed by atoms with Gasteiger partial charge in [0.15, 0.2) is 0 Å². The van der Waals surface area contributed by atoms with Crippen LogP contribution < -0.4 is 9.62 Å². The number of rotatable bonds is 9. The van der Waals surface area contributed by atoms with E-state index in [-0.39, 0.29) is 40.1 Å². The molecule has 0 saturated carbocycles. The molecule has 3 N–H and O–H groups in total. The number of carbonyl (C=O) groups excluding carboxylic acids is 1. The first-order chi connectivity index (χ1) is 16.0. The van der Waals surface area contributed by atoms with Gasteiger partial charge in [-0.15, -0.1) is 0 Å². The maximum Gasteiger partial charge on any atom is 0.264 e. The van der Waals surface area contributed by atoms with Gasteiger partial charge in [-0.2, -0.15) is 8.42 Å². The molecule has 0 bridgehead atoms. The van der Waals surface area contributed by atoms with Crippen LogP contribution in [0.15, 0.2) is 40.8 Å². The first-order valence-corrected chi connectivity index (χ1v) is 12.8. The summed E-state index contributed by atoms with van der Waals surface area (Å²) in [5.74, 6) is -0.895. The van der Waals surface area contributed by atoms with Gasteiger partial charge in [0.25, 0.3) is 27.3 Å². The van der Waals surface area contributed by atoms with E-state index in [1.54, 1.807) is 6.92 Å². The molecule has 13 heteroatoms. The fourth-order valence-corrected chi connectivity index (χ4v) is 4.35. The van der Waals surface area contributed by atoms with Gasteiger partial charge in [0.2, 0.25) is 0 Å². The Kier molecular flexibility index (Phi) is 7.73. The Hall–Kier alpha value is -2.84. The van der Waals surface area contributed by atoms with Crippen molar-refractivity contribution in [2.24, 2.45) is 0 Å². The van der Waals surface area contributed by atoms with Gasteiger partial charge < -0.3 is 14.8 Å². The van der Waals surface area contributed by atoms with Crippen LogP contribution in [0.3, 0.4) is 0 Å². The van der Waals surface area contributed by atoms with Crippen LogP contribution in [0.2, 0.25) is 0 Å². The predicted octanol–water partition coefficient (Wildman–Crippen LogP) is 2.57. The molecule has 0 spiro atoms. The number of hydrogen-bond acceptors (Lipinski definition) is 7. The van der Waals surface area contributed by atoms with E-state index in [1.165, 1.54) is 43.4 Å². The van der Waals surface area contributed by atoms with Crippen molar-refractivity contribution in [1.82, 2.24) is 5.32 Å². The highest BCUT2D eigenvalue weighted by atomic mass is 32.2. The van der Waals surface area contributed by atoms with Crippen molar-refractivity contribution in [3.63, 3.8) is 0 Å². The highest BCUT2D eigenvalue weighted by Gasteiger charge is 2.27. The molecule has 184 valence electrons. The number of aliphatic hydroxyl groups excluding tert-OH is 1. The minimum absolute atomic E-state index is 0.0389. The van der Waals surface area contributed by atoms with Gasteiger partial charge in [0.05, 0.1) is 24.1 Å². The molecule has 1 amide bonds. The minimum atomic E-state index is -3.88. The lowest BCUT2D eigenvalue weighted by Crippen LogP contribution is -2.27. The Morgan fingerprint density at radius 3 is 2.47 bits per heavy atom. The monoisotopic (exact) mass is 514 g/mol. The molecule has 0 aliphatic rings. The standard InChI is InChI=1S/C21H23FN2O8S2/c1-4-24(33(27)28)16-10-18-15(9-14(16)17(25)11-31-34(3,29)30)19(21(26)23-2)20(32-18)12-5-7-13(22)8-6-12/h5-10,17,25H,4,11H2,1-3H3,(H,23,26)(H,27,28). The summed E-state index contributed by atoms with van der Waals surface area (Å²) < 4.78 is 69.6. The Balaban J connectivity index is 2.30. The number of anilines is 1. The largest absolute Gasteiger partial charge is 0.455 e. The molecule has 34 heavy (non-hydrogen) atoms. The van der Waals surface area contributed by atoms with Gasteiger partial charge in [-0.25, -0.2) is 8.60 Å². The first kappa shape index (κ1) is 25.8. The molecule has 3 rings (SSSR count). The summed E-state index contributed by atoms with van der Waals surface area (Å²) in [6, 6.07) is 8.00. The van der Waals surface area contributed by atoms with Crippen molar-refractivity contribution in [1.29, 1.82) is 0 Å². The summed E-state index contributed by atoms with van der Waals surface area (Å²) in [6.45, 7) is 0.990. The maximum absolute atomic E-state index is 13.4. The Morgan fingerprint density at radius 2 is 1.94 bits per heavy atom. The number of halogens is 1. The molecule has 0 saturated heterocycles. The van der Waals surface area contributed by atoms with E-state index in [2.05, 4.69) is 5.32 Å². The average molecular weight is 515 g/mol. The number of benzene rings is 2. The molecule has 3 aromatic rings. The van der Waals surface area contributed by atoms with Crippen LogP contribution in [0.4, 0.5) is 10.1 Å². The van der Waals surface area contributed by atoms with Crippen LogP contribution >= 0.6 is 0 Å². The van der Waals surface area contributed by atoms with Gasteiger partial charge in [0, 0.05) is 36.2 Å². The van der Waals surface area contributed by atoms with Gasteiger partial charge in [-0.3, -0.25) is 17.8 Å². The molecule has 0 fully saturated rings. The summed E-state index contributed by atoms with van der Waals surface area (Å²) in [4.78, 5) is 12.8. The van der Waals surface area contributed by atoms with E-state index in [0.29, 0.717) is 5.56 Å². The molecule has 2 unspecified atom stereocenters. The molecule has 2 aromatic carbocycles.